The summed E-state index contributed by atoms with van der Waals surface area (Å²) in [4.78, 5) is 20.6. The highest BCUT2D eigenvalue weighted by molar-refractivity contribution is 6.33. The van der Waals surface area contributed by atoms with Crippen molar-refractivity contribution < 1.29 is 4.79 Å². The third-order valence-electron chi connectivity index (χ3n) is 3.55. The molecule has 5 nitrogen and oxygen atoms in total. The quantitative estimate of drug-likeness (QED) is 0.669. The van der Waals surface area contributed by atoms with Gasteiger partial charge in [0.2, 0.25) is 5.95 Å². The molecule has 1 heterocycles. The molecule has 2 aromatic carbocycles. The van der Waals surface area contributed by atoms with Crippen molar-refractivity contribution in [3.05, 3.63) is 76.0 Å². The summed E-state index contributed by atoms with van der Waals surface area (Å²) in [6.45, 7) is 1.84. The molecule has 1 aromatic heterocycles. The third kappa shape index (κ3) is 4.07. The van der Waals surface area contributed by atoms with E-state index in [4.69, 9.17) is 23.2 Å². The van der Waals surface area contributed by atoms with Crippen molar-refractivity contribution in [2.75, 3.05) is 10.6 Å². The van der Waals surface area contributed by atoms with Gasteiger partial charge >= 0.3 is 0 Å². The summed E-state index contributed by atoms with van der Waals surface area (Å²) in [5, 5.41) is 6.95. The number of para-hydroxylation sites is 1. The molecule has 0 saturated heterocycles. The van der Waals surface area contributed by atoms with Crippen molar-refractivity contribution >= 4 is 46.4 Å². The third-order valence-corrected chi connectivity index (χ3v) is 4.29. The van der Waals surface area contributed by atoms with Crippen molar-refractivity contribution in [1.29, 1.82) is 0 Å². The number of hydrogen-bond acceptors (Lipinski definition) is 4. The van der Waals surface area contributed by atoms with Crippen LogP contribution in [0.5, 0.6) is 0 Å². The number of carbonyl (C=O) groups is 1. The van der Waals surface area contributed by atoms with Gasteiger partial charge in [-0.1, -0.05) is 41.4 Å². The first-order chi connectivity index (χ1) is 12.0. The van der Waals surface area contributed by atoms with Gasteiger partial charge in [-0.05, 0) is 36.8 Å². The molecule has 2 N–H and O–H groups in total. The zero-order valence-electron chi connectivity index (χ0n) is 13.3. The summed E-state index contributed by atoms with van der Waals surface area (Å²) in [5.41, 5.74) is 2.48. The average Bonchev–Trinajstić information content (AvgIpc) is 2.61. The van der Waals surface area contributed by atoms with E-state index >= 15 is 0 Å². The molecule has 25 heavy (non-hydrogen) atoms. The highest BCUT2D eigenvalue weighted by Crippen LogP contribution is 2.24. The number of nitrogens with one attached hydrogen (secondary N) is 2. The van der Waals surface area contributed by atoms with Gasteiger partial charge in [0.25, 0.3) is 5.91 Å². The summed E-state index contributed by atoms with van der Waals surface area (Å²) < 4.78 is 0. The molecule has 126 valence electrons. The molecule has 1 amide bonds. The van der Waals surface area contributed by atoms with Crippen LogP contribution in [0.25, 0.3) is 0 Å². The topological polar surface area (TPSA) is 66.9 Å². The smallest absolute Gasteiger partial charge is 0.258 e. The van der Waals surface area contributed by atoms with Crippen LogP contribution >= 0.6 is 23.2 Å². The lowest BCUT2D eigenvalue weighted by molar-refractivity contribution is 0.102. The first-order valence-corrected chi connectivity index (χ1v) is 8.20. The fraction of sp³-hybridized carbons (Fsp3) is 0.0556. The molecule has 0 fully saturated rings. The SMILES string of the molecule is Cc1c(Cl)cccc1NC(=O)c1cnc(Nc2ccccc2Cl)nc1. The molecule has 0 radical (unpaired) electrons. The van der Waals surface area contributed by atoms with Crippen LogP contribution < -0.4 is 10.6 Å². The van der Waals surface area contributed by atoms with Gasteiger partial charge in [-0.15, -0.1) is 0 Å². The van der Waals surface area contributed by atoms with E-state index < -0.39 is 0 Å². The number of nitrogens with zero attached hydrogens (tertiary/aromatic N) is 2. The van der Waals surface area contributed by atoms with Gasteiger partial charge in [-0.3, -0.25) is 4.79 Å². The monoisotopic (exact) mass is 372 g/mol. The predicted octanol–water partition coefficient (Wildman–Crippen LogP) is 5.09. The van der Waals surface area contributed by atoms with E-state index in [-0.39, 0.29) is 5.91 Å². The molecule has 7 heteroatoms. The second kappa shape index (κ2) is 7.51. The Labute approximate surface area is 155 Å². The van der Waals surface area contributed by atoms with Gasteiger partial charge in [-0.2, -0.15) is 0 Å². The fourth-order valence-electron chi connectivity index (χ4n) is 2.13. The van der Waals surface area contributed by atoms with Gasteiger partial charge < -0.3 is 10.6 Å². The fourth-order valence-corrected chi connectivity index (χ4v) is 2.49. The maximum absolute atomic E-state index is 12.3. The second-order valence-electron chi connectivity index (χ2n) is 5.27. The van der Waals surface area contributed by atoms with Crippen LogP contribution in [0, 0.1) is 6.92 Å². The molecule has 0 aliphatic rings. The van der Waals surface area contributed by atoms with Crippen molar-refractivity contribution in [2.24, 2.45) is 0 Å². The number of carbonyl (C=O) groups excluding carboxylic acids is 1. The minimum atomic E-state index is -0.310. The molecule has 0 atom stereocenters. The van der Waals surface area contributed by atoms with Crippen LogP contribution in [0.3, 0.4) is 0 Å². The highest BCUT2D eigenvalue weighted by Gasteiger charge is 2.11. The number of benzene rings is 2. The number of halogens is 2. The number of hydrogen-bond donors (Lipinski definition) is 2. The zero-order valence-corrected chi connectivity index (χ0v) is 14.8. The molecule has 0 aliphatic heterocycles. The van der Waals surface area contributed by atoms with Crippen LogP contribution in [-0.2, 0) is 0 Å². The van der Waals surface area contributed by atoms with Crippen molar-refractivity contribution in [3.8, 4) is 0 Å². The number of amides is 1. The highest BCUT2D eigenvalue weighted by atomic mass is 35.5. The van der Waals surface area contributed by atoms with E-state index in [1.807, 2.05) is 25.1 Å². The summed E-state index contributed by atoms with van der Waals surface area (Å²) in [5.74, 6) is 0.0400. The minimum Gasteiger partial charge on any atom is -0.323 e. The normalized spacial score (nSPS) is 10.4. The molecular formula is C18H14Cl2N4O. The van der Waals surface area contributed by atoms with Crippen LogP contribution in [0.2, 0.25) is 10.0 Å². The zero-order chi connectivity index (χ0) is 17.8. The Hall–Kier alpha value is -2.63. The molecule has 0 saturated carbocycles. The summed E-state index contributed by atoms with van der Waals surface area (Å²) in [6, 6.07) is 12.6. The van der Waals surface area contributed by atoms with E-state index in [0.29, 0.717) is 32.9 Å². The average molecular weight is 373 g/mol. The standard InChI is InChI=1S/C18H14Cl2N4O/c1-11-13(19)6-4-8-15(11)23-17(25)12-9-21-18(22-10-12)24-16-7-3-2-5-14(16)20/h2-10H,1H3,(H,23,25)(H,21,22,24). The number of rotatable bonds is 4. The Bertz CT molecular complexity index is 913. The summed E-state index contributed by atoms with van der Waals surface area (Å²) >= 11 is 12.1. The van der Waals surface area contributed by atoms with Gasteiger partial charge in [-0.25, -0.2) is 9.97 Å². The summed E-state index contributed by atoms with van der Waals surface area (Å²) in [6.07, 6.45) is 2.89. The Morgan fingerprint density at radius 2 is 1.56 bits per heavy atom. The van der Waals surface area contributed by atoms with E-state index in [0.717, 1.165) is 5.56 Å². The van der Waals surface area contributed by atoms with Crippen LogP contribution in [0.15, 0.2) is 54.9 Å². The molecule has 0 aliphatic carbocycles. The minimum absolute atomic E-state index is 0.310. The first-order valence-electron chi connectivity index (χ1n) is 7.44. The van der Waals surface area contributed by atoms with Gasteiger partial charge in [0.15, 0.2) is 0 Å². The van der Waals surface area contributed by atoms with E-state index in [9.17, 15) is 4.79 Å². The van der Waals surface area contributed by atoms with Crippen LogP contribution in [-0.4, -0.2) is 15.9 Å². The van der Waals surface area contributed by atoms with Crippen LogP contribution in [0.4, 0.5) is 17.3 Å². The molecule has 0 unspecified atom stereocenters. The number of aromatic nitrogens is 2. The molecule has 0 bridgehead atoms. The molecule has 0 spiro atoms. The lowest BCUT2D eigenvalue weighted by Crippen LogP contribution is -2.14. The van der Waals surface area contributed by atoms with E-state index in [1.54, 1.807) is 24.3 Å². The summed E-state index contributed by atoms with van der Waals surface area (Å²) in [7, 11) is 0. The maximum atomic E-state index is 12.3. The Kier molecular flexibility index (Phi) is 5.16. The van der Waals surface area contributed by atoms with Gasteiger partial charge in [0.05, 0.1) is 16.3 Å². The Morgan fingerprint density at radius 3 is 2.28 bits per heavy atom. The van der Waals surface area contributed by atoms with E-state index in [1.165, 1.54) is 12.4 Å². The Morgan fingerprint density at radius 1 is 0.920 bits per heavy atom. The molecule has 3 rings (SSSR count). The van der Waals surface area contributed by atoms with E-state index in [2.05, 4.69) is 20.6 Å². The molecule has 3 aromatic rings. The lowest BCUT2D eigenvalue weighted by atomic mass is 10.2. The number of anilines is 3. The van der Waals surface area contributed by atoms with Crippen molar-refractivity contribution in [2.45, 2.75) is 6.92 Å². The largest absolute Gasteiger partial charge is 0.323 e. The van der Waals surface area contributed by atoms with Gasteiger partial charge in [0.1, 0.15) is 0 Å². The maximum Gasteiger partial charge on any atom is 0.258 e. The lowest BCUT2D eigenvalue weighted by Gasteiger charge is -2.10. The van der Waals surface area contributed by atoms with Crippen molar-refractivity contribution in [1.82, 2.24) is 9.97 Å². The van der Waals surface area contributed by atoms with Crippen LogP contribution in [0.1, 0.15) is 15.9 Å². The van der Waals surface area contributed by atoms with Crippen molar-refractivity contribution in [3.63, 3.8) is 0 Å². The second-order valence-corrected chi connectivity index (χ2v) is 6.08. The molecular weight excluding hydrogens is 359 g/mol. The predicted molar refractivity (Wildman–Crippen MR) is 101 cm³/mol. The first kappa shape index (κ1) is 17.2. The van der Waals surface area contributed by atoms with Gasteiger partial charge in [0, 0.05) is 23.1 Å². The Balaban J connectivity index is 1.72.